The van der Waals surface area contributed by atoms with Crippen molar-refractivity contribution in [1.29, 1.82) is 0 Å². The van der Waals surface area contributed by atoms with Crippen molar-refractivity contribution in [2.24, 2.45) is 5.92 Å². The molecule has 0 spiro atoms. The highest BCUT2D eigenvalue weighted by molar-refractivity contribution is 7.88. The summed E-state index contributed by atoms with van der Waals surface area (Å²) in [4.78, 5) is 12.7. The van der Waals surface area contributed by atoms with Crippen LogP contribution in [0.3, 0.4) is 0 Å². The molecule has 0 saturated carbocycles. The molecular formula is C21H26N2O4S. The number of aryl methyl sites for hydroxylation is 1. The molecule has 1 heterocycles. The van der Waals surface area contributed by atoms with Gasteiger partial charge in [-0.1, -0.05) is 30.3 Å². The number of piperidine rings is 1. The molecule has 1 fully saturated rings. The number of nitrogens with zero attached hydrogens (tertiary/aromatic N) is 1. The van der Waals surface area contributed by atoms with Crippen LogP contribution in [-0.4, -0.2) is 38.8 Å². The van der Waals surface area contributed by atoms with Crippen molar-refractivity contribution >= 4 is 21.6 Å². The Labute approximate surface area is 166 Å². The van der Waals surface area contributed by atoms with E-state index in [9.17, 15) is 13.2 Å². The SMILES string of the molecule is COc1cccc(NC(=O)[C@H]2CCCN(S(=O)(=O)Cc3ccccc3C)C2)c1. The third-order valence-electron chi connectivity index (χ3n) is 5.08. The summed E-state index contributed by atoms with van der Waals surface area (Å²) in [6, 6.07) is 14.6. The molecule has 0 unspecified atom stereocenters. The lowest BCUT2D eigenvalue weighted by atomic mass is 9.98. The first-order valence-electron chi connectivity index (χ1n) is 9.36. The minimum Gasteiger partial charge on any atom is -0.497 e. The summed E-state index contributed by atoms with van der Waals surface area (Å²) in [6.07, 6.45) is 1.34. The van der Waals surface area contributed by atoms with Gasteiger partial charge >= 0.3 is 0 Å². The molecule has 0 aliphatic carbocycles. The Balaban J connectivity index is 1.67. The average molecular weight is 403 g/mol. The van der Waals surface area contributed by atoms with Gasteiger partial charge in [0.1, 0.15) is 5.75 Å². The molecule has 2 aromatic carbocycles. The lowest BCUT2D eigenvalue weighted by Crippen LogP contribution is -2.44. The maximum absolute atomic E-state index is 12.9. The van der Waals surface area contributed by atoms with Gasteiger partial charge in [0, 0.05) is 24.8 Å². The van der Waals surface area contributed by atoms with Gasteiger partial charge in [-0.05, 0) is 43.0 Å². The van der Waals surface area contributed by atoms with Crippen molar-refractivity contribution in [1.82, 2.24) is 4.31 Å². The van der Waals surface area contributed by atoms with E-state index < -0.39 is 10.0 Å². The molecule has 1 aliphatic rings. The van der Waals surface area contributed by atoms with E-state index in [4.69, 9.17) is 4.74 Å². The van der Waals surface area contributed by atoms with E-state index in [0.717, 1.165) is 11.1 Å². The number of benzene rings is 2. The highest BCUT2D eigenvalue weighted by Gasteiger charge is 2.32. The number of rotatable bonds is 6. The standard InChI is InChI=1S/C21H26N2O4S/c1-16-7-3-4-8-18(16)15-28(25,26)23-12-6-9-17(14-23)21(24)22-19-10-5-11-20(13-19)27-2/h3-5,7-8,10-11,13,17H,6,9,12,14-15H2,1-2H3,(H,22,24)/t17-/m0/s1. The van der Waals surface area contributed by atoms with Crippen LogP contribution < -0.4 is 10.1 Å². The Bertz CT molecular complexity index is 943. The quantitative estimate of drug-likeness (QED) is 0.805. The summed E-state index contributed by atoms with van der Waals surface area (Å²) >= 11 is 0. The molecule has 1 atom stereocenters. The smallest absolute Gasteiger partial charge is 0.228 e. The molecule has 1 aliphatic heterocycles. The van der Waals surface area contributed by atoms with Crippen LogP contribution in [0, 0.1) is 12.8 Å². The number of sulfonamides is 1. The number of hydrogen-bond donors (Lipinski definition) is 1. The molecule has 0 aromatic heterocycles. The first kappa shape index (κ1) is 20.4. The maximum Gasteiger partial charge on any atom is 0.228 e. The Kier molecular flexibility index (Phi) is 6.36. The van der Waals surface area contributed by atoms with Gasteiger partial charge in [0.15, 0.2) is 0 Å². The van der Waals surface area contributed by atoms with Crippen LogP contribution in [0.15, 0.2) is 48.5 Å². The molecule has 1 N–H and O–H groups in total. The van der Waals surface area contributed by atoms with Crippen molar-refractivity contribution in [2.75, 3.05) is 25.5 Å². The molecule has 0 bridgehead atoms. The van der Waals surface area contributed by atoms with Gasteiger partial charge < -0.3 is 10.1 Å². The molecule has 0 radical (unpaired) electrons. The monoisotopic (exact) mass is 402 g/mol. The fourth-order valence-electron chi connectivity index (χ4n) is 3.41. The van der Waals surface area contributed by atoms with E-state index in [1.807, 2.05) is 31.2 Å². The first-order valence-corrected chi connectivity index (χ1v) is 11.0. The highest BCUT2D eigenvalue weighted by atomic mass is 32.2. The third-order valence-corrected chi connectivity index (χ3v) is 6.88. The second-order valence-electron chi connectivity index (χ2n) is 7.10. The fourth-order valence-corrected chi connectivity index (χ4v) is 5.13. The summed E-state index contributed by atoms with van der Waals surface area (Å²) in [7, 11) is -1.91. The molecule has 1 amide bonds. The topological polar surface area (TPSA) is 75.7 Å². The largest absolute Gasteiger partial charge is 0.497 e. The number of anilines is 1. The van der Waals surface area contributed by atoms with Crippen molar-refractivity contribution < 1.29 is 17.9 Å². The van der Waals surface area contributed by atoms with Gasteiger partial charge in [-0.3, -0.25) is 4.79 Å². The normalized spacial score (nSPS) is 17.9. The van der Waals surface area contributed by atoms with Gasteiger partial charge in [-0.2, -0.15) is 0 Å². The minimum atomic E-state index is -3.48. The summed E-state index contributed by atoms with van der Waals surface area (Å²) in [5.74, 6) is 0.0868. The van der Waals surface area contributed by atoms with E-state index >= 15 is 0 Å². The van der Waals surface area contributed by atoms with Crippen molar-refractivity contribution in [3.05, 3.63) is 59.7 Å². The Morgan fingerprint density at radius 1 is 1.21 bits per heavy atom. The van der Waals surface area contributed by atoms with Crippen LogP contribution >= 0.6 is 0 Å². The number of amides is 1. The predicted octanol–water partition coefficient (Wildman–Crippen LogP) is 3.18. The highest BCUT2D eigenvalue weighted by Crippen LogP contribution is 2.24. The van der Waals surface area contributed by atoms with Crippen LogP contribution in [0.1, 0.15) is 24.0 Å². The fraction of sp³-hybridized carbons (Fsp3) is 0.381. The minimum absolute atomic E-state index is 0.0378. The molecule has 3 rings (SSSR count). The lowest BCUT2D eigenvalue weighted by molar-refractivity contribution is -0.120. The van der Waals surface area contributed by atoms with Gasteiger partial charge in [-0.25, -0.2) is 12.7 Å². The Morgan fingerprint density at radius 3 is 2.75 bits per heavy atom. The zero-order valence-electron chi connectivity index (χ0n) is 16.2. The summed E-state index contributed by atoms with van der Waals surface area (Å²) in [6.45, 7) is 2.58. The van der Waals surface area contributed by atoms with Crippen molar-refractivity contribution in [2.45, 2.75) is 25.5 Å². The lowest BCUT2D eigenvalue weighted by Gasteiger charge is -2.31. The van der Waals surface area contributed by atoms with E-state index in [2.05, 4.69) is 5.32 Å². The number of nitrogens with one attached hydrogen (secondary N) is 1. The van der Waals surface area contributed by atoms with Crippen LogP contribution in [0.4, 0.5) is 5.69 Å². The second-order valence-corrected chi connectivity index (χ2v) is 9.07. The molecular weight excluding hydrogens is 376 g/mol. The van der Waals surface area contributed by atoms with Crippen LogP contribution in [0.2, 0.25) is 0 Å². The number of ether oxygens (including phenoxy) is 1. The third kappa shape index (κ3) is 4.91. The number of carbonyl (C=O) groups excluding carboxylic acids is 1. The maximum atomic E-state index is 12.9. The van der Waals surface area contributed by atoms with E-state index in [-0.39, 0.29) is 24.1 Å². The zero-order valence-corrected chi connectivity index (χ0v) is 17.0. The molecule has 1 saturated heterocycles. The molecule has 2 aromatic rings. The van der Waals surface area contributed by atoms with E-state index in [1.165, 1.54) is 4.31 Å². The Morgan fingerprint density at radius 2 is 2.00 bits per heavy atom. The number of methoxy groups -OCH3 is 1. The Hall–Kier alpha value is -2.38. The molecule has 7 heteroatoms. The second kappa shape index (κ2) is 8.75. The van der Waals surface area contributed by atoms with Crippen LogP contribution in [0.25, 0.3) is 0 Å². The summed E-state index contributed by atoms with van der Waals surface area (Å²) < 4.78 is 32.4. The average Bonchev–Trinajstić information content (AvgIpc) is 2.70. The van der Waals surface area contributed by atoms with Gasteiger partial charge in [0.25, 0.3) is 0 Å². The van der Waals surface area contributed by atoms with E-state index in [1.54, 1.807) is 31.4 Å². The van der Waals surface area contributed by atoms with Gasteiger partial charge in [0.2, 0.25) is 15.9 Å². The van der Waals surface area contributed by atoms with Crippen LogP contribution in [-0.2, 0) is 20.6 Å². The van der Waals surface area contributed by atoms with Crippen molar-refractivity contribution in [3.8, 4) is 5.75 Å². The van der Waals surface area contributed by atoms with Crippen molar-refractivity contribution in [3.63, 3.8) is 0 Å². The van der Waals surface area contributed by atoms with Gasteiger partial charge in [0.05, 0.1) is 18.8 Å². The molecule has 6 nitrogen and oxygen atoms in total. The molecule has 150 valence electrons. The summed E-state index contributed by atoms with van der Waals surface area (Å²) in [5.41, 5.74) is 2.39. The van der Waals surface area contributed by atoms with Gasteiger partial charge in [-0.15, -0.1) is 0 Å². The van der Waals surface area contributed by atoms with E-state index in [0.29, 0.717) is 30.8 Å². The number of carbonyl (C=O) groups is 1. The molecule has 28 heavy (non-hydrogen) atoms. The zero-order chi connectivity index (χ0) is 20.1. The number of hydrogen-bond acceptors (Lipinski definition) is 4. The predicted molar refractivity (Wildman–Crippen MR) is 110 cm³/mol. The summed E-state index contributed by atoms with van der Waals surface area (Å²) in [5, 5.41) is 2.88. The van der Waals surface area contributed by atoms with Crippen LogP contribution in [0.5, 0.6) is 5.75 Å². The first-order chi connectivity index (χ1) is 13.4.